The van der Waals surface area contributed by atoms with Gasteiger partial charge in [-0.1, -0.05) is 12.1 Å². The summed E-state index contributed by atoms with van der Waals surface area (Å²) in [6, 6.07) is 11.7. The predicted octanol–water partition coefficient (Wildman–Crippen LogP) is 3.69. The summed E-state index contributed by atoms with van der Waals surface area (Å²) in [5.41, 5.74) is 1.28. The summed E-state index contributed by atoms with van der Waals surface area (Å²) in [5.74, 6) is -0.514. The number of amides is 1. The lowest BCUT2D eigenvalue weighted by Gasteiger charge is -2.08. The SMILES string of the molecule is CCOc1ccc(NC(=O)Cc2ccc(S)cc2)cc1F. The number of thiol groups is 1. The Morgan fingerprint density at radius 2 is 1.95 bits per heavy atom. The molecule has 0 atom stereocenters. The Bertz CT molecular complexity index is 629. The summed E-state index contributed by atoms with van der Waals surface area (Å²) in [6.45, 7) is 2.18. The van der Waals surface area contributed by atoms with Gasteiger partial charge >= 0.3 is 0 Å². The summed E-state index contributed by atoms with van der Waals surface area (Å²) in [6.07, 6.45) is 0.225. The number of hydrogen-bond acceptors (Lipinski definition) is 3. The van der Waals surface area contributed by atoms with Crippen molar-refractivity contribution in [3.05, 3.63) is 53.8 Å². The normalized spacial score (nSPS) is 10.2. The largest absolute Gasteiger partial charge is 0.491 e. The van der Waals surface area contributed by atoms with Crippen LogP contribution >= 0.6 is 12.6 Å². The number of halogens is 1. The fourth-order valence-corrected chi connectivity index (χ4v) is 2.00. The van der Waals surface area contributed by atoms with Gasteiger partial charge in [-0.25, -0.2) is 4.39 Å². The minimum atomic E-state index is -0.492. The molecule has 0 aliphatic carbocycles. The molecule has 2 aromatic carbocycles. The van der Waals surface area contributed by atoms with Gasteiger partial charge in [-0.2, -0.15) is 0 Å². The van der Waals surface area contributed by atoms with Crippen LogP contribution in [0.2, 0.25) is 0 Å². The Morgan fingerprint density at radius 3 is 2.57 bits per heavy atom. The quantitative estimate of drug-likeness (QED) is 0.827. The smallest absolute Gasteiger partial charge is 0.228 e. The number of hydrogen-bond donors (Lipinski definition) is 2. The summed E-state index contributed by atoms with van der Waals surface area (Å²) in [7, 11) is 0. The van der Waals surface area contributed by atoms with Gasteiger partial charge < -0.3 is 10.1 Å². The number of benzene rings is 2. The summed E-state index contributed by atoms with van der Waals surface area (Å²) in [5, 5.41) is 2.66. The molecule has 1 amide bonds. The monoisotopic (exact) mass is 305 g/mol. The first kappa shape index (κ1) is 15.4. The van der Waals surface area contributed by atoms with Crippen LogP contribution in [0.4, 0.5) is 10.1 Å². The Balaban J connectivity index is 1.99. The van der Waals surface area contributed by atoms with E-state index >= 15 is 0 Å². The standard InChI is InChI=1S/C16H16FNO2S/c1-2-20-15-8-5-12(10-14(15)17)18-16(19)9-11-3-6-13(21)7-4-11/h3-8,10,21H,2,9H2,1H3,(H,18,19). The highest BCUT2D eigenvalue weighted by Gasteiger charge is 2.08. The highest BCUT2D eigenvalue weighted by molar-refractivity contribution is 7.80. The molecule has 3 nitrogen and oxygen atoms in total. The van der Waals surface area contributed by atoms with E-state index in [-0.39, 0.29) is 18.1 Å². The summed E-state index contributed by atoms with van der Waals surface area (Å²) >= 11 is 4.19. The summed E-state index contributed by atoms with van der Waals surface area (Å²) in [4.78, 5) is 12.7. The molecule has 2 aromatic rings. The Labute approximate surface area is 128 Å². The fraction of sp³-hybridized carbons (Fsp3) is 0.188. The topological polar surface area (TPSA) is 38.3 Å². The molecule has 110 valence electrons. The van der Waals surface area contributed by atoms with Crippen LogP contribution in [0.25, 0.3) is 0 Å². The molecule has 2 rings (SSSR count). The van der Waals surface area contributed by atoms with Crippen LogP contribution in [-0.4, -0.2) is 12.5 Å². The number of carbonyl (C=O) groups is 1. The molecule has 0 spiro atoms. The molecule has 5 heteroatoms. The third-order valence-corrected chi connectivity index (χ3v) is 3.11. The average molecular weight is 305 g/mol. The summed E-state index contributed by atoms with van der Waals surface area (Å²) < 4.78 is 18.8. The van der Waals surface area contributed by atoms with Gasteiger partial charge in [0.05, 0.1) is 13.0 Å². The average Bonchev–Trinajstić information content (AvgIpc) is 2.44. The van der Waals surface area contributed by atoms with E-state index in [9.17, 15) is 9.18 Å². The van der Waals surface area contributed by atoms with Gasteiger partial charge in [0.25, 0.3) is 0 Å². The van der Waals surface area contributed by atoms with Gasteiger partial charge in [0.15, 0.2) is 11.6 Å². The molecule has 0 saturated carbocycles. The van der Waals surface area contributed by atoms with E-state index in [1.54, 1.807) is 13.0 Å². The zero-order valence-electron chi connectivity index (χ0n) is 11.6. The third kappa shape index (κ3) is 4.49. The zero-order valence-corrected chi connectivity index (χ0v) is 12.5. The first-order chi connectivity index (χ1) is 10.1. The zero-order chi connectivity index (χ0) is 15.2. The van der Waals surface area contributed by atoms with Crippen molar-refractivity contribution < 1.29 is 13.9 Å². The van der Waals surface area contributed by atoms with Crippen LogP contribution in [-0.2, 0) is 11.2 Å². The Hall–Kier alpha value is -2.01. The maximum Gasteiger partial charge on any atom is 0.228 e. The van der Waals surface area contributed by atoms with Crippen molar-refractivity contribution in [2.24, 2.45) is 0 Å². The van der Waals surface area contributed by atoms with Gasteiger partial charge in [0.1, 0.15) is 0 Å². The van der Waals surface area contributed by atoms with Crippen molar-refractivity contribution in [3.8, 4) is 5.75 Å². The van der Waals surface area contributed by atoms with E-state index in [0.717, 1.165) is 10.5 Å². The molecule has 0 aliphatic rings. The van der Waals surface area contributed by atoms with E-state index < -0.39 is 5.82 Å². The fourth-order valence-electron chi connectivity index (χ4n) is 1.86. The molecule has 0 unspecified atom stereocenters. The van der Waals surface area contributed by atoms with Gasteiger partial charge in [-0.05, 0) is 36.8 Å². The van der Waals surface area contributed by atoms with E-state index in [1.165, 1.54) is 12.1 Å². The molecular formula is C16H16FNO2S. The minimum Gasteiger partial charge on any atom is -0.491 e. The van der Waals surface area contributed by atoms with Crippen LogP contribution in [0, 0.1) is 5.82 Å². The van der Waals surface area contributed by atoms with Gasteiger partial charge in [0.2, 0.25) is 5.91 Å². The van der Waals surface area contributed by atoms with Gasteiger partial charge in [-0.3, -0.25) is 4.79 Å². The highest BCUT2D eigenvalue weighted by Crippen LogP contribution is 2.21. The molecule has 21 heavy (non-hydrogen) atoms. The van der Waals surface area contributed by atoms with E-state index in [4.69, 9.17) is 4.74 Å². The van der Waals surface area contributed by atoms with Crippen molar-refractivity contribution >= 4 is 24.2 Å². The van der Waals surface area contributed by atoms with Crippen molar-refractivity contribution in [2.75, 3.05) is 11.9 Å². The van der Waals surface area contributed by atoms with Crippen LogP contribution < -0.4 is 10.1 Å². The number of anilines is 1. The van der Waals surface area contributed by atoms with Crippen LogP contribution in [0.3, 0.4) is 0 Å². The molecule has 0 fully saturated rings. The molecule has 0 aromatic heterocycles. The first-order valence-corrected chi connectivity index (χ1v) is 7.03. The van der Waals surface area contributed by atoms with E-state index in [1.807, 2.05) is 24.3 Å². The molecule has 0 radical (unpaired) electrons. The maximum absolute atomic E-state index is 13.7. The van der Waals surface area contributed by atoms with Gasteiger partial charge in [0, 0.05) is 16.6 Å². The number of nitrogens with one attached hydrogen (secondary N) is 1. The van der Waals surface area contributed by atoms with Crippen LogP contribution in [0.15, 0.2) is 47.4 Å². The first-order valence-electron chi connectivity index (χ1n) is 6.58. The minimum absolute atomic E-state index is 0.180. The molecule has 0 saturated heterocycles. The molecule has 0 aliphatic heterocycles. The number of rotatable bonds is 5. The number of carbonyl (C=O) groups excluding carboxylic acids is 1. The van der Waals surface area contributed by atoms with Crippen molar-refractivity contribution in [1.82, 2.24) is 0 Å². The van der Waals surface area contributed by atoms with Crippen molar-refractivity contribution in [1.29, 1.82) is 0 Å². The second kappa shape index (κ2) is 7.13. The predicted molar refractivity (Wildman–Crippen MR) is 83.6 cm³/mol. The Kier molecular flexibility index (Phi) is 5.22. The molecular weight excluding hydrogens is 289 g/mol. The van der Waals surface area contributed by atoms with Crippen LogP contribution in [0.1, 0.15) is 12.5 Å². The lowest BCUT2D eigenvalue weighted by molar-refractivity contribution is -0.115. The third-order valence-electron chi connectivity index (χ3n) is 2.82. The molecule has 1 N–H and O–H groups in total. The maximum atomic E-state index is 13.7. The van der Waals surface area contributed by atoms with E-state index in [2.05, 4.69) is 17.9 Å². The highest BCUT2D eigenvalue weighted by atomic mass is 32.1. The van der Waals surface area contributed by atoms with Crippen LogP contribution in [0.5, 0.6) is 5.75 Å². The molecule has 0 heterocycles. The number of ether oxygens (including phenoxy) is 1. The van der Waals surface area contributed by atoms with Crippen molar-refractivity contribution in [2.45, 2.75) is 18.2 Å². The second-order valence-electron chi connectivity index (χ2n) is 4.47. The van der Waals surface area contributed by atoms with E-state index in [0.29, 0.717) is 12.3 Å². The lowest BCUT2D eigenvalue weighted by atomic mass is 10.1. The Morgan fingerprint density at radius 1 is 1.24 bits per heavy atom. The molecule has 0 bridgehead atoms. The second-order valence-corrected chi connectivity index (χ2v) is 4.99. The lowest BCUT2D eigenvalue weighted by Crippen LogP contribution is -2.14. The van der Waals surface area contributed by atoms with Crippen molar-refractivity contribution in [3.63, 3.8) is 0 Å². The van der Waals surface area contributed by atoms with Gasteiger partial charge in [-0.15, -0.1) is 12.6 Å².